The Hall–Kier alpha value is -2.75. The largest absolute Gasteiger partial charge is 0.496 e. The third-order valence-electron chi connectivity index (χ3n) is 3.44. The molecule has 0 bridgehead atoms. The van der Waals surface area contributed by atoms with Gasteiger partial charge in [0.25, 0.3) is 0 Å². The molecule has 0 aliphatic rings. The van der Waals surface area contributed by atoms with E-state index in [-0.39, 0.29) is 0 Å². The van der Waals surface area contributed by atoms with E-state index in [9.17, 15) is 0 Å². The molecule has 112 valence electrons. The standard InChI is InChI=1S/C18H17NO3/c1-20-16-8-9-19-15-11-17(21-2)18(10-14(15)16)22-12-13-6-4-3-5-7-13/h3-11H,12H2,1-2H3. The van der Waals surface area contributed by atoms with Crippen molar-refractivity contribution in [2.45, 2.75) is 6.61 Å². The molecule has 1 heterocycles. The Morgan fingerprint density at radius 3 is 2.36 bits per heavy atom. The van der Waals surface area contributed by atoms with E-state index in [1.165, 1.54) is 0 Å². The van der Waals surface area contributed by atoms with Crippen LogP contribution in [0.1, 0.15) is 5.56 Å². The second-order valence-electron chi connectivity index (χ2n) is 4.81. The van der Waals surface area contributed by atoms with E-state index in [0.717, 1.165) is 22.2 Å². The molecule has 0 aliphatic carbocycles. The molecule has 0 radical (unpaired) electrons. The molecular weight excluding hydrogens is 278 g/mol. The summed E-state index contributed by atoms with van der Waals surface area (Å²) in [7, 11) is 3.26. The highest BCUT2D eigenvalue weighted by Gasteiger charge is 2.11. The summed E-state index contributed by atoms with van der Waals surface area (Å²) >= 11 is 0. The van der Waals surface area contributed by atoms with Crippen molar-refractivity contribution in [2.75, 3.05) is 14.2 Å². The summed E-state index contributed by atoms with van der Waals surface area (Å²) < 4.78 is 16.7. The maximum absolute atomic E-state index is 5.91. The van der Waals surface area contributed by atoms with Crippen molar-refractivity contribution >= 4 is 10.9 Å². The van der Waals surface area contributed by atoms with Gasteiger partial charge < -0.3 is 14.2 Å². The van der Waals surface area contributed by atoms with Crippen LogP contribution in [0.25, 0.3) is 10.9 Å². The monoisotopic (exact) mass is 295 g/mol. The van der Waals surface area contributed by atoms with E-state index in [4.69, 9.17) is 14.2 Å². The molecule has 0 saturated carbocycles. The Labute approximate surface area is 129 Å². The number of ether oxygens (including phenoxy) is 3. The molecule has 0 N–H and O–H groups in total. The number of methoxy groups -OCH3 is 2. The first kappa shape index (κ1) is 14.2. The zero-order chi connectivity index (χ0) is 15.4. The molecule has 22 heavy (non-hydrogen) atoms. The topological polar surface area (TPSA) is 40.6 Å². The maximum atomic E-state index is 5.91. The second kappa shape index (κ2) is 6.35. The van der Waals surface area contributed by atoms with E-state index in [1.807, 2.05) is 48.5 Å². The van der Waals surface area contributed by atoms with Crippen molar-refractivity contribution in [3.8, 4) is 17.2 Å². The van der Waals surface area contributed by atoms with Gasteiger partial charge in [-0.25, -0.2) is 0 Å². The summed E-state index contributed by atoms with van der Waals surface area (Å²) in [6, 6.07) is 15.6. The van der Waals surface area contributed by atoms with Gasteiger partial charge in [0.15, 0.2) is 11.5 Å². The summed E-state index contributed by atoms with van der Waals surface area (Å²) in [4.78, 5) is 4.34. The highest BCUT2D eigenvalue weighted by Crippen LogP contribution is 2.35. The summed E-state index contributed by atoms with van der Waals surface area (Å²) in [6.07, 6.45) is 1.71. The lowest BCUT2D eigenvalue weighted by molar-refractivity contribution is 0.285. The fourth-order valence-corrected chi connectivity index (χ4v) is 2.31. The minimum absolute atomic E-state index is 0.477. The molecule has 4 heteroatoms. The predicted molar refractivity (Wildman–Crippen MR) is 85.6 cm³/mol. The Morgan fingerprint density at radius 1 is 0.864 bits per heavy atom. The SMILES string of the molecule is COc1cc2nccc(OC)c2cc1OCc1ccccc1. The van der Waals surface area contributed by atoms with Gasteiger partial charge in [-0.05, 0) is 17.7 Å². The van der Waals surface area contributed by atoms with Crippen LogP contribution in [-0.4, -0.2) is 19.2 Å². The third kappa shape index (κ3) is 2.81. The fourth-order valence-electron chi connectivity index (χ4n) is 2.31. The maximum Gasteiger partial charge on any atom is 0.162 e. The van der Waals surface area contributed by atoms with Crippen molar-refractivity contribution in [1.82, 2.24) is 4.98 Å². The summed E-state index contributed by atoms with van der Waals surface area (Å²) in [6.45, 7) is 0.477. The molecule has 0 aliphatic heterocycles. The number of nitrogens with zero attached hydrogens (tertiary/aromatic N) is 1. The van der Waals surface area contributed by atoms with Gasteiger partial charge in [-0.3, -0.25) is 4.98 Å². The first-order valence-corrected chi connectivity index (χ1v) is 6.99. The van der Waals surface area contributed by atoms with Gasteiger partial charge in [0, 0.05) is 17.6 Å². The normalized spacial score (nSPS) is 10.5. The average molecular weight is 295 g/mol. The molecule has 4 nitrogen and oxygen atoms in total. The Kier molecular flexibility index (Phi) is 4.10. The van der Waals surface area contributed by atoms with Crippen molar-refractivity contribution < 1.29 is 14.2 Å². The van der Waals surface area contributed by atoms with Gasteiger partial charge in [-0.2, -0.15) is 0 Å². The lowest BCUT2D eigenvalue weighted by Crippen LogP contribution is -1.98. The minimum atomic E-state index is 0.477. The highest BCUT2D eigenvalue weighted by molar-refractivity contribution is 5.88. The summed E-state index contributed by atoms with van der Waals surface area (Å²) in [5, 5.41) is 0.897. The van der Waals surface area contributed by atoms with Gasteiger partial charge in [0.05, 0.1) is 19.7 Å². The smallest absolute Gasteiger partial charge is 0.162 e. The van der Waals surface area contributed by atoms with E-state index in [0.29, 0.717) is 18.1 Å². The van der Waals surface area contributed by atoms with Gasteiger partial charge >= 0.3 is 0 Å². The third-order valence-corrected chi connectivity index (χ3v) is 3.44. The Balaban J connectivity index is 1.96. The van der Waals surface area contributed by atoms with Crippen LogP contribution in [0.15, 0.2) is 54.7 Å². The first-order valence-electron chi connectivity index (χ1n) is 6.99. The van der Waals surface area contributed by atoms with Crippen molar-refractivity contribution in [3.63, 3.8) is 0 Å². The molecule has 0 unspecified atom stereocenters. The Morgan fingerprint density at radius 2 is 1.64 bits per heavy atom. The second-order valence-corrected chi connectivity index (χ2v) is 4.81. The predicted octanol–water partition coefficient (Wildman–Crippen LogP) is 3.83. The fraction of sp³-hybridized carbons (Fsp3) is 0.167. The summed E-state index contributed by atoms with van der Waals surface area (Å²) in [5.74, 6) is 2.09. The Bertz CT molecular complexity index is 772. The van der Waals surface area contributed by atoms with Crippen LogP contribution in [0.2, 0.25) is 0 Å². The molecule has 3 aromatic rings. The van der Waals surface area contributed by atoms with Crippen molar-refractivity contribution in [3.05, 3.63) is 60.3 Å². The molecule has 2 aromatic carbocycles. The first-order chi connectivity index (χ1) is 10.8. The summed E-state index contributed by atoms with van der Waals surface area (Å²) in [5.41, 5.74) is 1.91. The lowest BCUT2D eigenvalue weighted by atomic mass is 10.2. The number of hydrogen-bond acceptors (Lipinski definition) is 4. The zero-order valence-electron chi connectivity index (χ0n) is 12.6. The number of aromatic nitrogens is 1. The zero-order valence-corrected chi connectivity index (χ0v) is 12.6. The van der Waals surface area contributed by atoms with Gasteiger partial charge in [0.1, 0.15) is 12.4 Å². The minimum Gasteiger partial charge on any atom is -0.496 e. The van der Waals surface area contributed by atoms with Crippen LogP contribution in [0, 0.1) is 0 Å². The van der Waals surface area contributed by atoms with Gasteiger partial charge in [0.2, 0.25) is 0 Å². The molecule has 0 spiro atoms. The average Bonchev–Trinajstić information content (AvgIpc) is 2.59. The van der Waals surface area contributed by atoms with E-state index >= 15 is 0 Å². The molecule has 0 atom stereocenters. The molecule has 1 aromatic heterocycles. The van der Waals surface area contributed by atoms with Crippen LogP contribution < -0.4 is 14.2 Å². The highest BCUT2D eigenvalue weighted by atomic mass is 16.5. The lowest BCUT2D eigenvalue weighted by Gasteiger charge is -2.13. The van der Waals surface area contributed by atoms with Gasteiger partial charge in [-0.15, -0.1) is 0 Å². The molecule has 0 saturated heterocycles. The van der Waals surface area contributed by atoms with Crippen LogP contribution in [0.5, 0.6) is 17.2 Å². The van der Waals surface area contributed by atoms with Crippen LogP contribution in [0.4, 0.5) is 0 Å². The van der Waals surface area contributed by atoms with Crippen LogP contribution in [0.3, 0.4) is 0 Å². The van der Waals surface area contributed by atoms with Crippen molar-refractivity contribution in [2.24, 2.45) is 0 Å². The molecular formula is C18H17NO3. The molecule has 0 fully saturated rings. The molecule has 0 amide bonds. The molecule has 3 rings (SSSR count). The number of hydrogen-bond donors (Lipinski definition) is 0. The van der Waals surface area contributed by atoms with Crippen LogP contribution >= 0.6 is 0 Å². The van der Waals surface area contributed by atoms with E-state index in [2.05, 4.69) is 4.98 Å². The van der Waals surface area contributed by atoms with E-state index in [1.54, 1.807) is 20.4 Å². The number of benzene rings is 2. The van der Waals surface area contributed by atoms with Gasteiger partial charge in [-0.1, -0.05) is 30.3 Å². The van der Waals surface area contributed by atoms with Crippen LogP contribution in [-0.2, 0) is 6.61 Å². The number of fused-ring (bicyclic) bond motifs is 1. The quantitative estimate of drug-likeness (QED) is 0.717. The number of pyridine rings is 1. The number of rotatable bonds is 5. The van der Waals surface area contributed by atoms with Crippen molar-refractivity contribution in [1.29, 1.82) is 0 Å². The van der Waals surface area contributed by atoms with E-state index < -0.39 is 0 Å².